The van der Waals surface area contributed by atoms with E-state index in [9.17, 15) is 9.59 Å². The molecule has 0 saturated carbocycles. The summed E-state index contributed by atoms with van der Waals surface area (Å²) in [6.45, 7) is 2.76. The van der Waals surface area contributed by atoms with Crippen molar-refractivity contribution in [2.45, 2.75) is 37.8 Å². The Morgan fingerprint density at radius 1 is 1.41 bits per heavy atom. The highest BCUT2D eigenvalue weighted by molar-refractivity contribution is 5.88. The van der Waals surface area contributed by atoms with E-state index in [1.54, 1.807) is 14.0 Å². The predicted octanol–water partition coefficient (Wildman–Crippen LogP) is 1.48. The molecule has 2 unspecified atom stereocenters. The molecule has 0 spiro atoms. The summed E-state index contributed by atoms with van der Waals surface area (Å²) in [6, 6.07) is 6.21. The average molecular weight is 399 g/mol. The molecule has 156 valence electrons. The van der Waals surface area contributed by atoms with E-state index in [0.717, 1.165) is 19.4 Å². The second-order valence-corrected chi connectivity index (χ2v) is 8.42. The molecule has 2 aliphatic rings. The largest absolute Gasteiger partial charge is 0.465 e. The first-order valence-electron chi connectivity index (χ1n) is 10.4. The summed E-state index contributed by atoms with van der Waals surface area (Å²) in [4.78, 5) is 31.7. The molecule has 7 heteroatoms. The molecule has 1 saturated heterocycles. The summed E-state index contributed by atoms with van der Waals surface area (Å²) in [5.41, 5.74) is 10.3. The normalized spacial score (nSPS) is 24.8. The summed E-state index contributed by atoms with van der Waals surface area (Å²) in [5, 5.41) is 1.34. The van der Waals surface area contributed by atoms with E-state index in [0.29, 0.717) is 18.6 Å². The number of likely N-dealkylation sites (N-methyl/N-ethyl adjacent to an activating group) is 2. The van der Waals surface area contributed by atoms with Crippen molar-refractivity contribution in [3.05, 3.63) is 35.5 Å². The van der Waals surface area contributed by atoms with Gasteiger partial charge in [0, 0.05) is 42.7 Å². The van der Waals surface area contributed by atoms with Crippen molar-refractivity contribution in [1.29, 1.82) is 0 Å². The van der Waals surface area contributed by atoms with Crippen LogP contribution in [0.3, 0.4) is 0 Å². The number of aromatic nitrogens is 1. The number of piperidine rings is 1. The van der Waals surface area contributed by atoms with E-state index in [1.165, 1.54) is 26.9 Å². The van der Waals surface area contributed by atoms with Crippen LogP contribution in [0.15, 0.2) is 24.4 Å². The van der Waals surface area contributed by atoms with Crippen LogP contribution in [-0.2, 0) is 20.7 Å². The van der Waals surface area contributed by atoms with Gasteiger partial charge in [0.05, 0.1) is 12.6 Å². The maximum atomic E-state index is 12.9. The van der Waals surface area contributed by atoms with Gasteiger partial charge in [-0.15, -0.1) is 0 Å². The minimum Gasteiger partial charge on any atom is -0.465 e. The molecule has 3 N–H and O–H groups in total. The van der Waals surface area contributed by atoms with Crippen molar-refractivity contribution in [3.63, 3.8) is 0 Å². The maximum Gasteiger partial charge on any atom is 0.325 e. The fourth-order valence-electron chi connectivity index (χ4n) is 5.18. The standard InChI is InChI=1S/C22H30N4O3/c1-4-29-19(27)12-26(3)22(28)21(23)14-8-16-15-6-5-7-17-20(15)13(10-24-17)9-18(16)25(2)11-14/h5-7,10,14,16,18,21,24H,4,8-9,11-12,23H2,1-3H3/t14?,16-,18-,21?/m1/s1. The Morgan fingerprint density at radius 3 is 2.97 bits per heavy atom. The SMILES string of the molecule is CCOC(=O)CN(C)C(=O)C(N)C1C[C@@H]2c3cccc4[nH]cc(c34)C[C@H]2N(C)C1. The van der Waals surface area contributed by atoms with Crippen LogP contribution in [0.4, 0.5) is 0 Å². The van der Waals surface area contributed by atoms with Gasteiger partial charge in [0.25, 0.3) is 0 Å². The van der Waals surface area contributed by atoms with Gasteiger partial charge < -0.3 is 25.3 Å². The number of carbonyl (C=O) groups is 2. The molecule has 1 aliphatic heterocycles. The first-order chi connectivity index (χ1) is 13.9. The number of hydrogen-bond acceptors (Lipinski definition) is 5. The Hall–Kier alpha value is -2.38. The molecular weight excluding hydrogens is 368 g/mol. The van der Waals surface area contributed by atoms with Crippen LogP contribution >= 0.6 is 0 Å². The minimum absolute atomic E-state index is 0.0362. The summed E-state index contributed by atoms with van der Waals surface area (Å²) >= 11 is 0. The molecule has 1 fully saturated rings. The van der Waals surface area contributed by atoms with E-state index < -0.39 is 12.0 Å². The molecule has 0 radical (unpaired) electrons. The molecule has 4 rings (SSSR count). The number of fused-ring (bicyclic) bond motifs is 2. The van der Waals surface area contributed by atoms with Gasteiger partial charge in [-0.25, -0.2) is 0 Å². The number of H-pyrrole nitrogens is 1. The van der Waals surface area contributed by atoms with Crippen molar-refractivity contribution >= 4 is 22.8 Å². The highest BCUT2D eigenvalue weighted by atomic mass is 16.5. The van der Waals surface area contributed by atoms with Crippen LogP contribution in [0, 0.1) is 5.92 Å². The van der Waals surface area contributed by atoms with Gasteiger partial charge >= 0.3 is 5.97 Å². The molecule has 1 amide bonds. The van der Waals surface area contributed by atoms with Crippen molar-refractivity contribution in [1.82, 2.24) is 14.8 Å². The number of likely N-dealkylation sites (tertiary alicyclic amines) is 1. The maximum absolute atomic E-state index is 12.9. The fraction of sp³-hybridized carbons (Fsp3) is 0.545. The molecule has 1 aliphatic carbocycles. The predicted molar refractivity (Wildman–Crippen MR) is 112 cm³/mol. The molecule has 2 heterocycles. The summed E-state index contributed by atoms with van der Waals surface area (Å²) in [6.07, 6.45) is 4.01. The van der Waals surface area contributed by atoms with Crippen molar-refractivity contribution in [2.24, 2.45) is 11.7 Å². The zero-order valence-corrected chi connectivity index (χ0v) is 17.4. The molecular formula is C22H30N4O3. The van der Waals surface area contributed by atoms with E-state index >= 15 is 0 Å². The number of ether oxygens (including phenoxy) is 1. The van der Waals surface area contributed by atoms with Crippen LogP contribution in [0.1, 0.15) is 30.4 Å². The second-order valence-electron chi connectivity index (χ2n) is 8.42. The average Bonchev–Trinajstić information content (AvgIpc) is 3.12. The van der Waals surface area contributed by atoms with Gasteiger partial charge in [-0.2, -0.15) is 0 Å². The number of esters is 1. The van der Waals surface area contributed by atoms with Crippen LogP contribution < -0.4 is 5.73 Å². The molecule has 4 atom stereocenters. The topological polar surface area (TPSA) is 91.7 Å². The number of rotatable bonds is 5. The number of nitrogens with one attached hydrogen (secondary N) is 1. The van der Waals surface area contributed by atoms with Gasteiger partial charge in [0.15, 0.2) is 0 Å². The lowest BCUT2D eigenvalue weighted by molar-refractivity contribution is -0.149. The smallest absolute Gasteiger partial charge is 0.325 e. The quantitative estimate of drug-likeness (QED) is 0.745. The van der Waals surface area contributed by atoms with Crippen molar-refractivity contribution < 1.29 is 14.3 Å². The number of aromatic amines is 1. The number of hydrogen-bond donors (Lipinski definition) is 2. The van der Waals surface area contributed by atoms with Gasteiger partial charge in [0.2, 0.25) is 5.91 Å². The summed E-state index contributed by atoms with van der Waals surface area (Å²) in [5.74, 6) is -0.226. The van der Waals surface area contributed by atoms with Crippen LogP contribution in [0.25, 0.3) is 10.9 Å². The number of carbonyl (C=O) groups excluding carboxylic acids is 2. The van der Waals surface area contributed by atoms with Crippen LogP contribution in [0.5, 0.6) is 0 Å². The number of benzene rings is 1. The third kappa shape index (κ3) is 3.53. The Balaban J connectivity index is 1.53. The Labute approximate surface area is 171 Å². The third-order valence-corrected chi connectivity index (χ3v) is 6.60. The number of amides is 1. The van der Waals surface area contributed by atoms with Crippen molar-refractivity contribution in [3.8, 4) is 0 Å². The monoisotopic (exact) mass is 398 g/mol. The number of nitrogens with zero attached hydrogens (tertiary/aromatic N) is 2. The Morgan fingerprint density at radius 2 is 2.21 bits per heavy atom. The lowest BCUT2D eigenvalue weighted by Gasteiger charge is -2.47. The lowest BCUT2D eigenvalue weighted by atomic mass is 9.71. The zero-order chi connectivity index (χ0) is 20.7. The highest BCUT2D eigenvalue weighted by Gasteiger charge is 2.42. The molecule has 7 nitrogen and oxygen atoms in total. The highest BCUT2D eigenvalue weighted by Crippen LogP contribution is 2.44. The molecule has 29 heavy (non-hydrogen) atoms. The molecule has 1 aromatic heterocycles. The fourth-order valence-corrected chi connectivity index (χ4v) is 5.18. The molecule has 2 aromatic rings. The first-order valence-corrected chi connectivity index (χ1v) is 10.4. The van der Waals surface area contributed by atoms with Gasteiger partial charge in [0.1, 0.15) is 6.54 Å². The molecule has 0 bridgehead atoms. The van der Waals surface area contributed by atoms with Gasteiger partial charge in [-0.05, 0) is 49.9 Å². The summed E-state index contributed by atoms with van der Waals surface area (Å²) < 4.78 is 4.95. The first kappa shape index (κ1) is 19.9. The third-order valence-electron chi connectivity index (χ3n) is 6.60. The van der Waals surface area contributed by atoms with Gasteiger partial charge in [-0.3, -0.25) is 9.59 Å². The Kier molecular flexibility index (Phi) is 5.36. The second kappa shape index (κ2) is 7.80. The van der Waals surface area contributed by atoms with E-state index in [2.05, 4.69) is 41.3 Å². The van der Waals surface area contributed by atoms with Crippen molar-refractivity contribution in [2.75, 3.05) is 33.8 Å². The van der Waals surface area contributed by atoms with E-state index in [-0.39, 0.29) is 18.4 Å². The lowest BCUT2D eigenvalue weighted by Crippen LogP contribution is -2.56. The van der Waals surface area contributed by atoms with E-state index in [4.69, 9.17) is 10.5 Å². The minimum atomic E-state index is -0.635. The van der Waals surface area contributed by atoms with Crippen LogP contribution in [0.2, 0.25) is 0 Å². The van der Waals surface area contributed by atoms with Crippen LogP contribution in [-0.4, -0.2) is 72.5 Å². The summed E-state index contributed by atoms with van der Waals surface area (Å²) in [7, 11) is 3.74. The Bertz CT molecular complexity index is 924. The number of nitrogens with two attached hydrogens (primary N) is 1. The zero-order valence-electron chi connectivity index (χ0n) is 17.4. The van der Waals surface area contributed by atoms with E-state index in [1.807, 2.05) is 0 Å². The molecule has 1 aromatic carbocycles. The van der Waals surface area contributed by atoms with Gasteiger partial charge in [-0.1, -0.05) is 12.1 Å².